The number of aromatic nitrogens is 1. The molecular weight excluding hydrogens is 693 g/mol. The number of nitrogens with zero attached hydrogens (tertiary/aromatic N) is 4. The Bertz CT molecular complexity index is 2010. The normalized spacial score (nSPS) is 19.9. The van der Waals surface area contributed by atoms with Gasteiger partial charge < -0.3 is 21.0 Å². The van der Waals surface area contributed by atoms with Crippen molar-refractivity contribution in [1.29, 1.82) is 0 Å². The van der Waals surface area contributed by atoms with Gasteiger partial charge in [0.1, 0.15) is 22.8 Å². The molecule has 1 aromatic heterocycles. The number of amides is 3. The molecule has 3 aliphatic rings. The third-order valence-electron chi connectivity index (χ3n) is 8.73. The largest absolute Gasteiger partial charge is 0.477 e. The molecule has 3 aromatic carbocycles. The summed E-state index contributed by atoms with van der Waals surface area (Å²) in [7, 11) is 0. The van der Waals surface area contributed by atoms with Crippen LogP contribution in [0.25, 0.3) is 0 Å². The SMILES string of the molecule is Nc1nc(/C(=N/OC(c2ccccc2)(c2ccccc2)c2ccccc2)C(=O)N[C@@H]2C(=O)N3C(C(=O)O)=C(/C=C4\CCN(O)C4=O)CS[C@H]23)cs1. The highest BCUT2D eigenvalue weighted by molar-refractivity contribution is 8.00. The molecule has 258 valence electrons. The molecule has 0 unspecified atom stereocenters. The van der Waals surface area contributed by atoms with Gasteiger partial charge in [0.15, 0.2) is 10.8 Å². The number of hydrogen-bond donors (Lipinski definition) is 4. The van der Waals surface area contributed by atoms with Gasteiger partial charge in [-0.25, -0.2) is 14.8 Å². The fourth-order valence-corrected chi connectivity index (χ4v) is 8.15. The van der Waals surface area contributed by atoms with Crippen LogP contribution < -0.4 is 11.1 Å². The number of carboxylic acids is 1. The summed E-state index contributed by atoms with van der Waals surface area (Å²) in [6.07, 6.45) is 1.65. The van der Waals surface area contributed by atoms with E-state index in [1.807, 2.05) is 91.0 Å². The van der Waals surface area contributed by atoms with Crippen LogP contribution in [0, 0.1) is 0 Å². The fraction of sp³-hybridized carbons (Fsp3) is 0.167. The van der Waals surface area contributed by atoms with Crippen LogP contribution in [-0.2, 0) is 29.6 Å². The van der Waals surface area contributed by atoms with E-state index in [1.54, 1.807) is 5.38 Å². The van der Waals surface area contributed by atoms with Gasteiger partial charge in [0, 0.05) is 33.4 Å². The lowest BCUT2D eigenvalue weighted by Crippen LogP contribution is -2.71. The molecule has 0 aliphatic carbocycles. The van der Waals surface area contributed by atoms with Crippen molar-refractivity contribution < 1.29 is 34.3 Å². The number of benzene rings is 3. The Morgan fingerprint density at radius 2 is 1.57 bits per heavy atom. The third kappa shape index (κ3) is 6.15. The lowest BCUT2D eigenvalue weighted by Gasteiger charge is -2.49. The smallest absolute Gasteiger partial charge is 0.352 e. The van der Waals surface area contributed by atoms with Gasteiger partial charge in [-0.05, 0) is 18.1 Å². The average Bonchev–Trinajstić information content (AvgIpc) is 3.73. The second-order valence-corrected chi connectivity index (χ2v) is 13.8. The first-order valence-electron chi connectivity index (χ1n) is 15.8. The second kappa shape index (κ2) is 13.9. The van der Waals surface area contributed by atoms with Crippen LogP contribution >= 0.6 is 23.1 Å². The number of nitrogens with two attached hydrogens (primary N) is 1. The van der Waals surface area contributed by atoms with E-state index in [0.29, 0.717) is 5.06 Å². The number of hydroxylamine groups is 2. The van der Waals surface area contributed by atoms with Gasteiger partial charge in [-0.15, -0.1) is 23.1 Å². The predicted molar refractivity (Wildman–Crippen MR) is 189 cm³/mol. The number of thiazole rings is 1. The summed E-state index contributed by atoms with van der Waals surface area (Å²) in [5.41, 5.74) is 6.94. The van der Waals surface area contributed by atoms with Crippen LogP contribution in [0.5, 0.6) is 0 Å². The lowest BCUT2D eigenvalue weighted by molar-refractivity contribution is -0.154. The Hall–Kier alpha value is -5.77. The first-order chi connectivity index (χ1) is 24.7. The Morgan fingerprint density at radius 1 is 0.980 bits per heavy atom. The number of aliphatic carboxylic acids is 1. The molecule has 3 aliphatic heterocycles. The van der Waals surface area contributed by atoms with Gasteiger partial charge in [0.05, 0.1) is 6.54 Å². The van der Waals surface area contributed by atoms with Crippen LogP contribution in [0.15, 0.2) is 124 Å². The van der Waals surface area contributed by atoms with Crippen molar-refractivity contribution in [3.05, 3.63) is 142 Å². The standard InChI is InChI=1S/C36H30N6O7S2/c37-35-38-26(20-51-35)27(40-49-36(23-10-4-1-5-11-23,24-12-6-2-7-13-24)25-14-8-3-9-15-25)30(43)39-28-32(45)42-29(34(46)47)22(19-50-33(28)42)18-21-16-17-41(48)31(21)44/h1-15,18,20,28,33,48H,16-17,19H2,(H2,37,38)(H,39,43)(H,46,47)/b21-18+,40-27-/t28-,33-/m1/s1. The van der Waals surface area contributed by atoms with Crippen LogP contribution in [0.4, 0.5) is 5.13 Å². The van der Waals surface area contributed by atoms with Gasteiger partial charge >= 0.3 is 5.97 Å². The molecule has 0 bridgehead atoms. The van der Waals surface area contributed by atoms with Crippen LogP contribution in [0.2, 0.25) is 0 Å². The molecule has 0 saturated carbocycles. The molecule has 0 radical (unpaired) electrons. The van der Waals surface area contributed by atoms with Crippen LogP contribution in [0.1, 0.15) is 28.8 Å². The van der Waals surface area contributed by atoms with Gasteiger partial charge in [-0.1, -0.05) is 96.2 Å². The summed E-state index contributed by atoms with van der Waals surface area (Å²) < 4.78 is 0. The zero-order valence-electron chi connectivity index (χ0n) is 26.7. The maximum atomic E-state index is 14.1. The molecular formula is C36H30N6O7S2. The first kappa shape index (κ1) is 33.7. The summed E-state index contributed by atoms with van der Waals surface area (Å²) in [4.78, 5) is 64.2. The van der Waals surface area contributed by atoms with E-state index >= 15 is 0 Å². The quantitative estimate of drug-likeness (QED) is 0.0469. The summed E-state index contributed by atoms with van der Waals surface area (Å²) in [5.74, 6) is -3.27. The Kier molecular flexibility index (Phi) is 9.16. The fourth-order valence-electron chi connectivity index (χ4n) is 6.30. The van der Waals surface area contributed by atoms with Gasteiger partial charge in [-0.2, -0.15) is 0 Å². The number of carbonyl (C=O) groups excluding carboxylic acids is 3. The minimum absolute atomic E-state index is 0.0915. The summed E-state index contributed by atoms with van der Waals surface area (Å²) in [6.45, 7) is 0.0915. The van der Waals surface area contributed by atoms with Crippen molar-refractivity contribution in [3.8, 4) is 0 Å². The summed E-state index contributed by atoms with van der Waals surface area (Å²) in [6, 6.07) is 27.2. The second-order valence-electron chi connectivity index (χ2n) is 11.8. The van der Waals surface area contributed by atoms with Crippen molar-refractivity contribution in [3.63, 3.8) is 0 Å². The van der Waals surface area contributed by atoms with Gasteiger partial charge in [-0.3, -0.25) is 24.5 Å². The molecule has 0 spiro atoms. The maximum Gasteiger partial charge on any atom is 0.352 e. The highest BCUT2D eigenvalue weighted by atomic mass is 32.2. The average molecular weight is 723 g/mol. The molecule has 5 N–H and O–H groups in total. The number of hydrogen-bond acceptors (Lipinski definition) is 11. The Balaban J connectivity index is 1.23. The number of allylic oxidation sites excluding steroid dienone is 1. The van der Waals surface area contributed by atoms with Crippen LogP contribution in [0.3, 0.4) is 0 Å². The zero-order chi connectivity index (χ0) is 35.7. The van der Waals surface area contributed by atoms with Crippen molar-refractivity contribution in [2.75, 3.05) is 18.0 Å². The molecule has 3 amide bonds. The molecule has 4 aromatic rings. The van der Waals surface area contributed by atoms with Gasteiger partial charge in [0.2, 0.25) is 5.60 Å². The molecule has 13 nitrogen and oxygen atoms in total. The van der Waals surface area contributed by atoms with Crippen molar-refractivity contribution >= 4 is 57.6 Å². The molecule has 7 rings (SSSR count). The summed E-state index contributed by atoms with van der Waals surface area (Å²) >= 11 is 2.33. The zero-order valence-corrected chi connectivity index (χ0v) is 28.3. The third-order valence-corrected chi connectivity index (χ3v) is 10.7. The van der Waals surface area contributed by atoms with Crippen molar-refractivity contribution in [1.82, 2.24) is 20.3 Å². The van der Waals surface area contributed by atoms with E-state index in [4.69, 9.17) is 10.6 Å². The number of oxime groups is 1. The number of carboxylic acid groups (broad SMARTS) is 1. The minimum atomic E-state index is -1.36. The monoisotopic (exact) mass is 722 g/mol. The van der Waals surface area contributed by atoms with E-state index in [-0.39, 0.29) is 52.1 Å². The number of nitrogen functional groups attached to an aromatic ring is 1. The lowest BCUT2D eigenvalue weighted by atomic mass is 9.80. The molecule has 4 heterocycles. The number of anilines is 1. The van der Waals surface area contributed by atoms with E-state index in [1.165, 1.54) is 17.8 Å². The summed E-state index contributed by atoms with van der Waals surface area (Å²) in [5, 5.41) is 28.5. The number of β-lactam (4-membered cyclic amide) rings is 1. The molecule has 15 heteroatoms. The van der Waals surface area contributed by atoms with E-state index in [9.17, 15) is 29.5 Å². The predicted octanol–water partition coefficient (Wildman–Crippen LogP) is 3.72. The van der Waals surface area contributed by atoms with E-state index in [0.717, 1.165) is 32.9 Å². The number of nitrogens with one attached hydrogen (secondary N) is 1. The molecule has 2 fully saturated rings. The van der Waals surface area contributed by atoms with Crippen molar-refractivity contribution in [2.45, 2.75) is 23.4 Å². The topological polar surface area (TPSA) is 188 Å². The number of thioether (sulfide) groups is 1. The minimum Gasteiger partial charge on any atom is -0.477 e. The van der Waals surface area contributed by atoms with Crippen molar-refractivity contribution in [2.24, 2.45) is 5.16 Å². The maximum absolute atomic E-state index is 14.1. The highest BCUT2D eigenvalue weighted by Crippen LogP contribution is 2.42. The first-order valence-corrected chi connectivity index (χ1v) is 17.7. The molecule has 2 saturated heterocycles. The van der Waals surface area contributed by atoms with E-state index < -0.39 is 40.7 Å². The van der Waals surface area contributed by atoms with Gasteiger partial charge in [0.25, 0.3) is 17.7 Å². The van der Waals surface area contributed by atoms with E-state index in [2.05, 4.69) is 15.5 Å². The number of rotatable bonds is 10. The Labute approximate surface area is 299 Å². The highest BCUT2D eigenvalue weighted by Gasteiger charge is 2.54. The molecule has 2 atom stereocenters. The number of carbonyl (C=O) groups is 4. The molecule has 51 heavy (non-hydrogen) atoms. The number of fused-ring (bicyclic) bond motifs is 1. The Morgan fingerprint density at radius 3 is 2.06 bits per heavy atom. The van der Waals surface area contributed by atoms with Crippen LogP contribution in [-0.4, -0.2) is 78.4 Å².